The molecule has 21 heavy (non-hydrogen) atoms. The van der Waals surface area contributed by atoms with Crippen LogP contribution in [0.15, 0.2) is 12.1 Å². The Morgan fingerprint density at radius 1 is 1.33 bits per heavy atom. The molecular formula is C18H25FN2. The van der Waals surface area contributed by atoms with Gasteiger partial charge in [-0.2, -0.15) is 0 Å². The smallest absolute Gasteiger partial charge is 0.118 e. The molecule has 0 radical (unpaired) electrons. The van der Waals surface area contributed by atoms with Gasteiger partial charge in [0.2, 0.25) is 0 Å². The quantitative estimate of drug-likeness (QED) is 0.874. The number of hydrogen-bond acceptors (Lipinski definition) is 1. The van der Waals surface area contributed by atoms with Gasteiger partial charge in [-0.05, 0) is 58.2 Å². The van der Waals surface area contributed by atoms with E-state index in [4.69, 9.17) is 0 Å². The average molecular weight is 288 g/mol. The summed E-state index contributed by atoms with van der Waals surface area (Å²) in [5.74, 6) is 0. The van der Waals surface area contributed by atoms with Crippen molar-refractivity contribution in [1.29, 1.82) is 0 Å². The van der Waals surface area contributed by atoms with Crippen molar-refractivity contribution >= 4 is 10.9 Å². The van der Waals surface area contributed by atoms with Gasteiger partial charge in [-0.25, -0.2) is 4.39 Å². The molecule has 0 bridgehead atoms. The molecule has 1 N–H and O–H groups in total. The number of aromatic nitrogens is 1. The van der Waals surface area contributed by atoms with Crippen molar-refractivity contribution in [2.45, 2.75) is 59.3 Å². The molecule has 0 unspecified atom stereocenters. The van der Waals surface area contributed by atoms with E-state index in [0.29, 0.717) is 12.6 Å². The van der Waals surface area contributed by atoms with Gasteiger partial charge >= 0.3 is 0 Å². The molecule has 1 atom stereocenters. The van der Waals surface area contributed by atoms with Crippen molar-refractivity contribution in [1.82, 2.24) is 9.88 Å². The zero-order valence-electron chi connectivity index (χ0n) is 13.7. The average Bonchev–Trinajstić information content (AvgIpc) is 2.66. The van der Waals surface area contributed by atoms with Gasteiger partial charge in [-0.3, -0.25) is 4.90 Å². The van der Waals surface area contributed by atoms with Gasteiger partial charge in [-0.1, -0.05) is 11.6 Å². The summed E-state index contributed by atoms with van der Waals surface area (Å²) in [6, 6.07) is 4.88. The predicted molar refractivity (Wildman–Crippen MR) is 86.5 cm³/mol. The van der Waals surface area contributed by atoms with E-state index in [2.05, 4.69) is 42.8 Å². The highest BCUT2D eigenvalue weighted by molar-refractivity contribution is 5.88. The highest BCUT2D eigenvalue weighted by Gasteiger charge is 2.30. The van der Waals surface area contributed by atoms with Gasteiger partial charge in [0, 0.05) is 35.7 Å². The van der Waals surface area contributed by atoms with Crippen molar-refractivity contribution < 1.29 is 4.39 Å². The van der Waals surface area contributed by atoms with Crippen LogP contribution in [-0.4, -0.2) is 28.1 Å². The van der Waals surface area contributed by atoms with Crippen molar-refractivity contribution in [3.8, 4) is 0 Å². The molecule has 2 aromatic rings. The number of nitrogens with one attached hydrogen (secondary N) is 1. The van der Waals surface area contributed by atoms with E-state index in [-0.39, 0.29) is 0 Å². The van der Waals surface area contributed by atoms with Gasteiger partial charge in [0.25, 0.3) is 0 Å². The van der Waals surface area contributed by atoms with Crippen LogP contribution in [0.2, 0.25) is 0 Å². The maximum absolute atomic E-state index is 14.0. The summed E-state index contributed by atoms with van der Waals surface area (Å²) in [5.41, 5.74) is 5.40. The first-order chi connectivity index (χ1) is 9.74. The Bertz CT molecular complexity index is 679. The molecule has 1 aliphatic heterocycles. The molecule has 3 heteroatoms. The topological polar surface area (TPSA) is 19.0 Å². The molecule has 3 rings (SSSR count). The van der Waals surface area contributed by atoms with E-state index in [1.807, 2.05) is 0 Å². The number of hydrogen-bond donors (Lipinski definition) is 1. The van der Waals surface area contributed by atoms with Crippen LogP contribution in [0.1, 0.15) is 43.2 Å². The van der Waals surface area contributed by atoms with E-state index in [0.717, 1.165) is 13.0 Å². The largest absolute Gasteiger partial charge is 0.357 e. The van der Waals surface area contributed by atoms with Gasteiger partial charge in [-0.15, -0.1) is 0 Å². The molecular weight excluding hydrogens is 263 g/mol. The van der Waals surface area contributed by atoms with E-state index >= 15 is 0 Å². The Labute approximate surface area is 126 Å². The lowest BCUT2D eigenvalue weighted by Crippen LogP contribution is -2.44. The normalized spacial score (nSPS) is 20.0. The summed E-state index contributed by atoms with van der Waals surface area (Å²) >= 11 is 0. The van der Waals surface area contributed by atoms with Crippen LogP contribution in [0.4, 0.5) is 4.39 Å². The Kier molecular flexibility index (Phi) is 3.36. The number of H-pyrrole nitrogens is 1. The second-order valence-electron chi connectivity index (χ2n) is 7.26. The third kappa shape index (κ3) is 2.71. The first kappa shape index (κ1) is 14.6. The van der Waals surface area contributed by atoms with Crippen LogP contribution in [-0.2, 0) is 13.0 Å². The number of fused-ring (bicyclic) bond motifs is 3. The standard InChI is InChI=1S/C18H25FN2/c1-11-6-12(2)17-15(7-11)14-8-13(3)21(9-16(14)20-17)10-18(4,5)19/h6-7,13,20H,8-10H2,1-5H3/t13-/m1/s1. The lowest BCUT2D eigenvalue weighted by molar-refractivity contribution is 0.0853. The van der Waals surface area contributed by atoms with E-state index in [9.17, 15) is 4.39 Å². The fourth-order valence-corrected chi connectivity index (χ4v) is 3.61. The minimum Gasteiger partial charge on any atom is -0.357 e. The molecule has 0 saturated carbocycles. The second kappa shape index (κ2) is 4.84. The van der Waals surface area contributed by atoms with Crippen molar-refractivity contribution in [3.05, 3.63) is 34.5 Å². The van der Waals surface area contributed by atoms with Crippen LogP contribution in [0.3, 0.4) is 0 Å². The van der Waals surface area contributed by atoms with Gasteiger partial charge in [0.15, 0.2) is 0 Å². The predicted octanol–water partition coefficient (Wildman–Crippen LogP) is 4.28. The minimum atomic E-state index is -1.15. The van der Waals surface area contributed by atoms with Crippen LogP contribution >= 0.6 is 0 Å². The molecule has 0 saturated heterocycles. The van der Waals surface area contributed by atoms with Crippen LogP contribution in [0, 0.1) is 13.8 Å². The molecule has 1 aliphatic rings. The molecule has 2 heterocycles. The maximum atomic E-state index is 14.0. The number of aromatic amines is 1. The number of halogens is 1. The summed E-state index contributed by atoms with van der Waals surface area (Å²) < 4.78 is 14.0. The van der Waals surface area contributed by atoms with Gasteiger partial charge in [0.1, 0.15) is 5.67 Å². The number of alkyl halides is 1. The van der Waals surface area contributed by atoms with Crippen LogP contribution < -0.4 is 0 Å². The van der Waals surface area contributed by atoms with Crippen molar-refractivity contribution in [2.24, 2.45) is 0 Å². The van der Waals surface area contributed by atoms with Gasteiger partial charge in [0.05, 0.1) is 0 Å². The summed E-state index contributed by atoms with van der Waals surface area (Å²) in [7, 11) is 0. The first-order valence-corrected chi connectivity index (χ1v) is 7.78. The number of nitrogens with zero attached hydrogens (tertiary/aromatic N) is 1. The molecule has 2 nitrogen and oxygen atoms in total. The van der Waals surface area contributed by atoms with Crippen LogP contribution in [0.5, 0.6) is 0 Å². The van der Waals surface area contributed by atoms with Crippen LogP contribution in [0.25, 0.3) is 10.9 Å². The van der Waals surface area contributed by atoms with Crippen molar-refractivity contribution in [3.63, 3.8) is 0 Å². The lowest BCUT2D eigenvalue weighted by atomic mass is 9.95. The third-order valence-corrected chi connectivity index (χ3v) is 4.51. The van der Waals surface area contributed by atoms with E-state index in [1.54, 1.807) is 13.8 Å². The summed E-state index contributed by atoms with van der Waals surface area (Å²) in [4.78, 5) is 5.83. The molecule has 114 valence electrons. The van der Waals surface area contributed by atoms with Gasteiger partial charge < -0.3 is 4.98 Å². The Morgan fingerprint density at radius 3 is 2.71 bits per heavy atom. The molecule has 0 fully saturated rings. The highest BCUT2D eigenvalue weighted by Crippen LogP contribution is 2.33. The number of benzene rings is 1. The fourth-order valence-electron chi connectivity index (χ4n) is 3.61. The SMILES string of the molecule is Cc1cc(C)c2[nH]c3c(c2c1)C[C@@H](C)N(CC(C)(C)F)C3. The summed E-state index contributed by atoms with van der Waals surface area (Å²) in [6.07, 6.45) is 0.994. The second-order valence-corrected chi connectivity index (χ2v) is 7.26. The van der Waals surface area contributed by atoms with Crippen molar-refractivity contribution in [2.75, 3.05) is 6.54 Å². The Balaban J connectivity index is 2.02. The molecule has 1 aromatic heterocycles. The molecule has 1 aromatic carbocycles. The highest BCUT2D eigenvalue weighted by atomic mass is 19.1. The van der Waals surface area contributed by atoms with E-state index in [1.165, 1.54) is 33.3 Å². The Hall–Kier alpha value is -1.35. The Morgan fingerprint density at radius 2 is 2.05 bits per heavy atom. The number of aryl methyl sites for hydroxylation is 2. The zero-order valence-corrected chi connectivity index (χ0v) is 13.7. The van der Waals surface area contributed by atoms with E-state index < -0.39 is 5.67 Å². The molecule has 0 amide bonds. The molecule has 0 spiro atoms. The first-order valence-electron chi connectivity index (χ1n) is 7.78. The summed E-state index contributed by atoms with van der Waals surface area (Å²) in [5, 5.41) is 1.36. The monoisotopic (exact) mass is 288 g/mol. The maximum Gasteiger partial charge on any atom is 0.118 e. The third-order valence-electron chi connectivity index (χ3n) is 4.51. The lowest BCUT2D eigenvalue weighted by Gasteiger charge is -2.36. The number of rotatable bonds is 2. The fraction of sp³-hybridized carbons (Fsp3) is 0.556. The molecule has 0 aliphatic carbocycles. The summed E-state index contributed by atoms with van der Waals surface area (Å²) in [6.45, 7) is 11.1. The minimum absolute atomic E-state index is 0.382. The zero-order chi connectivity index (χ0) is 15.4.